The van der Waals surface area contributed by atoms with E-state index in [1.54, 1.807) is 61.5 Å². The highest BCUT2D eigenvalue weighted by atomic mass is 19.1. The zero-order valence-electron chi connectivity index (χ0n) is 17.0. The highest BCUT2D eigenvalue weighted by molar-refractivity contribution is 6.10. The quantitative estimate of drug-likeness (QED) is 0.241. The minimum atomic E-state index is -0.765. The molecule has 0 saturated heterocycles. The van der Waals surface area contributed by atoms with Crippen LogP contribution in [0.15, 0.2) is 72.3 Å². The summed E-state index contributed by atoms with van der Waals surface area (Å²) in [5, 5.41) is 23.0. The van der Waals surface area contributed by atoms with Crippen LogP contribution in [0.1, 0.15) is 16.7 Å². The number of ether oxygens (including phenoxy) is 1. The third-order valence-electron chi connectivity index (χ3n) is 4.51. The molecule has 7 nitrogen and oxygen atoms in total. The smallest absolute Gasteiger partial charge is 0.293 e. The van der Waals surface area contributed by atoms with Crippen molar-refractivity contribution in [3.63, 3.8) is 0 Å². The topological polar surface area (TPSA) is 105 Å². The van der Waals surface area contributed by atoms with E-state index in [9.17, 15) is 24.6 Å². The van der Waals surface area contributed by atoms with Gasteiger partial charge >= 0.3 is 0 Å². The number of rotatable bonds is 7. The molecule has 0 spiro atoms. The van der Waals surface area contributed by atoms with Crippen LogP contribution in [-0.2, 0) is 11.4 Å². The minimum Gasteiger partial charge on any atom is -0.489 e. The molecule has 0 bridgehead atoms. The van der Waals surface area contributed by atoms with Crippen LogP contribution in [0.5, 0.6) is 5.75 Å². The van der Waals surface area contributed by atoms with E-state index in [1.165, 1.54) is 24.3 Å². The minimum absolute atomic E-state index is 0.00337. The van der Waals surface area contributed by atoms with Crippen LogP contribution >= 0.6 is 0 Å². The first-order valence-corrected chi connectivity index (χ1v) is 9.52. The first kappa shape index (κ1) is 22.2. The molecule has 32 heavy (non-hydrogen) atoms. The Bertz CT molecular complexity index is 1230. The number of amides is 1. The number of benzene rings is 3. The predicted molar refractivity (Wildman–Crippen MR) is 117 cm³/mol. The van der Waals surface area contributed by atoms with Gasteiger partial charge in [-0.15, -0.1) is 0 Å². The van der Waals surface area contributed by atoms with Crippen molar-refractivity contribution < 1.29 is 18.8 Å². The van der Waals surface area contributed by atoms with E-state index < -0.39 is 10.8 Å². The molecule has 1 N–H and O–H groups in total. The van der Waals surface area contributed by atoms with Gasteiger partial charge in [-0.1, -0.05) is 36.4 Å². The lowest BCUT2D eigenvalue weighted by Crippen LogP contribution is -2.14. The molecule has 8 heteroatoms. The first-order chi connectivity index (χ1) is 15.4. The lowest BCUT2D eigenvalue weighted by Gasteiger charge is -2.08. The fourth-order valence-corrected chi connectivity index (χ4v) is 2.84. The lowest BCUT2D eigenvalue weighted by molar-refractivity contribution is -0.384. The highest BCUT2D eigenvalue weighted by Gasteiger charge is 2.18. The summed E-state index contributed by atoms with van der Waals surface area (Å²) in [5.74, 6) is -0.631. The maximum Gasteiger partial charge on any atom is 0.293 e. The number of aryl methyl sites for hydroxylation is 1. The van der Waals surface area contributed by atoms with Crippen LogP contribution < -0.4 is 10.1 Å². The molecule has 160 valence electrons. The van der Waals surface area contributed by atoms with Crippen molar-refractivity contribution in [3.8, 4) is 11.8 Å². The number of hydrogen-bond acceptors (Lipinski definition) is 5. The number of nitro groups is 1. The van der Waals surface area contributed by atoms with Crippen molar-refractivity contribution in [2.24, 2.45) is 0 Å². The standard InChI is InChI=1S/C24H18FN3O4/c1-16-6-11-22(23(12-16)28(30)31)27-24(29)19(14-26)13-17-7-9-20(10-8-17)32-15-18-4-2-3-5-21(18)25/h2-13H,15H2,1H3,(H,27,29)/b19-13+. The molecule has 3 aromatic rings. The molecule has 0 radical (unpaired) electrons. The van der Waals surface area contributed by atoms with Crippen molar-refractivity contribution in [1.29, 1.82) is 5.26 Å². The van der Waals surface area contributed by atoms with Gasteiger partial charge in [-0.05, 0) is 48.4 Å². The molecular formula is C24H18FN3O4. The summed E-state index contributed by atoms with van der Waals surface area (Å²) in [4.78, 5) is 23.1. The average molecular weight is 431 g/mol. The fourth-order valence-electron chi connectivity index (χ4n) is 2.84. The molecule has 0 fully saturated rings. The van der Waals surface area contributed by atoms with Crippen LogP contribution in [-0.4, -0.2) is 10.8 Å². The van der Waals surface area contributed by atoms with E-state index in [0.29, 0.717) is 22.4 Å². The normalized spacial score (nSPS) is 10.8. The highest BCUT2D eigenvalue weighted by Crippen LogP contribution is 2.26. The number of nitrogens with zero attached hydrogens (tertiary/aromatic N) is 2. The number of anilines is 1. The van der Waals surface area contributed by atoms with E-state index in [2.05, 4.69) is 5.32 Å². The van der Waals surface area contributed by atoms with E-state index in [1.807, 2.05) is 0 Å². The number of nitriles is 1. The molecular weight excluding hydrogens is 413 g/mol. The number of nitro benzene ring substituents is 1. The molecule has 0 aliphatic rings. The fraction of sp³-hybridized carbons (Fsp3) is 0.0833. The van der Waals surface area contributed by atoms with Gasteiger partial charge in [0.2, 0.25) is 0 Å². The molecule has 3 rings (SSSR count). The third kappa shape index (κ3) is 5.55. The molecule has 0 unspecified atom stereocenters. The van der Waals surface area contributed by atoms with Gasteiger partial charge in [-0.3, -0.25) is 14.9 Å². The predicted octanol–water partition coefficient (Wildman–Crippen LogP) is 5.17. The SMILES string of the molecule is Cc1ccc(NC(=O)/C(C#N)=C/c2ccc(OCc3ccccc3F)cc2)c([N+](=O)[O-])c1. The van der Waals surface area contributed by atoms with Gasteiger partial charge in [0, 0.05) is 11.6 Å². The van der Waals surface area contributed by atoms with E-state index in [-0.39, 0.29) is 29.4 Å². The zero-order valence-corrected chi connectivity index (χ0v) is 17.0. The summed E-state index contributed by atoms with van der Waals surface area (Å²) in [5.41, 5.74) is 1.16. The lowest BCUT2D eigenvalue weighted by atomic mass is 10.1. The molecule has 0 aliphatic carbocycles. The van der Waals surface area contributed by atoms with E-state index in [0.717, 1.165) is 0 Å². The monoisotopic (exact) mass is 431 g/mol. The molecule has 3 aromatic carbocycles. The van der Waals surface area contributed by atoms with Crippen molar-refractivity contribution in [2.45, 2.75) is 13.5 Å². The van der Waals surface area contributed by atoms with Crippen molar-refractivity contribution >= 4 is 23.4 Å². The number of carbonyl (C=O) groups is 1. The summed E-state index contributed by atoms with van der Waals surface area (Å²) in [6.07, 6.45) is 1.36. The van der Waals surface area contributed by atoms with Gasteiger partial charge in [0.15, 0.2) is 0 Å². The van der Waals surface area contributed by atoms with Gasteiger partial charge in [-0.2, -0.15) is 5.26 Å². The summed E-state index contributed by atoms with van der Waals surface area (Å²) in [6, 6.07) is 19.0. The second-order valence-electron chi connectivity index (χ2n) is 6.85. The van der Waals surface area contributed by atoms with Crippen LogP contribution in [0.2, 0.25) is 0 Å². The number of hydrogen-bond donors (Lipinski definition) is 1. The zero-order chi connectivity index (χ0) is 23.1. The first-order valence-electron chi connectivity index (χ1n) is 9.52. The van der Waals surface area contributed by atoms with Crippen LogP contribution in [0.3, 0.4) is 0 Å². The van der Waals surface area contributed by atoms with Gasteiger partial charge < -0.3 is 10.1 Å². The third-order valence-corrected chi connectivity index (χ3v) is 4.51. The Morgan fingerprint density at radius 3 is 2.56 bits per heavy atom. The van der Waals surface area contributed by atoms with Crippen molar-refractivity contribution in [2.75, 3.05) is 5.32 Å². The Balaban J connectivity index is 1.71. The second-order valence-corrected chi connectivity index (χ2v) is 6.85. The Kier molecular flexibility index (Phi) is 6.93. The molecule has 0 atom stereocenters. The molecule has 0 saturated carbocycles. The Morgan fingerprint density at radius 2 is 1.91 bits per heavy atom. The van der Waals surface area contributed by atoms with Gasteiger partial charge in [-0.25, -0.2) is 4.39 Å². The average Bonchev–Trinajstić information content (AvgIpc) is 2.78. The van der Waals surface area contributed by atoms with Gasteiger partial charge in [0.05, 0.1) is 4.92 Å². The summed E-state index contributed by atoms with van der Waals surface area (Å²) in [7, 11) is 0. The summed E-state index contributed by atoms with van der Waals surface area (Å²) >= 11 is 0. The van der Waals surface area contributed by atoms with Crippen molar-refractivity contribution in [3.05, 3.63) is 105 Å². The number of nitrogens with one attached hydrogen (secondary N) is 1. The molecule has 1 amide bonds. The van der Waals surface area contributed by atoms with Gasteiger partial charge in [0.25, 0.3) is 11.6 Å². The summed E-state index contributed by atoms with van der Waals surface area (Å²) in [6.45, 7) is 1.76. The number of halogens is 1. The second kappa shape index (κ2) is 10.00. The Labute approximate surface area is 183 Å². The largest absolute Gasteiger partial charge is 0.489 e. The van der Waals surface area contributed by atoms with Crippen LogP contribution in [0, 0.1) is 34.2 Å². The van der Waals surface area contributed by atoms with Gasteiger partial charge in [0.1, 0.15) is 35.5 Å². The van der Waals surface area contributed by atoms with Crippen LogP contribution in [0.4, 0.5) is 15.8 Å². The van der Waals surface area contributed by atoms with Crippen molar-refractivity contribution in [1.82, 2.24) is 0 Å². The summed E-state index contributed by atoms with van der Waals surface area (Å²) < 4.78 is 19.2. The van der Waals surface area contributed by atoms with Crippen LogP contribution in [0.25, 0.3) is 6.08 Å². The molecule has 0 aliphatic heterocycles. The molecule has 0 heterocycles. The Morgan fingerprint density at radius 1 is 1.19 bits per heavy atom. The van der Waals surface area contributed by atoms with E-state index in [4.69, 9.17) is 4.74 Å². The number of carbonyl (C=O) groups excluding carboxylic acids is 1. The maximum absolute atomic E-state index is 13.7. The Hall–Kier alpha value is -4.51. The van der Waals surface area contributed by atoms with E-state index >= 15 is 0 Å². The maximum atomic E-state index is 13.7. The molecule has 0 aromatic heterocycles.